The topological polar surface area (TPSA) is 109 Å². The lowest BCUT2D eigenvalue weighted by Crippen LogP contribution is -2.39. The van der Waals surface area contributed by atoms with Gasteiger partial charge in [-0.1, -0.05) is 12.8 Å². The second kappa shape index (κ2) is 11.5. The van der Waals surface area contributed by atoms with Crippen LogP contribution in [0, 0.1) is 23.2 Å². The van der Waals surface area contributed by atoms with Gasteiger partial charge in [-0.2, -0.15) is 5.26 Å². The van der Waals surface area contributed by atoms with E-state index in [9.17, 15) is 13.2 Å². The van der Waals surface area contributed by atoms with Crippen LogP contribution in [0.3, 0.4) is 0 Å². The molecule has 1 saturated carbocycles. The van der Waals surface area contributed by atoms with Gasteiger partial charge in [-0.15, -0.1) is 0 Å². The number of amides is 1. The van der Waals surface area contributed by atoms with Crippen LogP contribution in [0.1, 0.15) is 25.7 Å². The molecule has 170 valence electrons. The van der Waals surface area contributed by atoms with Crippen molar-refractivity contribution in [2.24, 2.45) is 11.8 Å². The van der Waals surface area contributed by atoms with Gasteiger partial charge in [0.25, 0.3) is 0 Å². The summed E-state index contributed by atoms with van der Waals surface area (Å²) in [6.07, 6.45) is 3.18. The Kier molecular flexibility index (Phi) is 8.69. The maximum Gasteiger partial charge on any atom is 0.224 e. The fourth-order valence-corrected chi connectivity index (χ4v) is 5.95. The van der Waals surface area contributed by atoms with E-state index in [4.69, 9.17) is 14.7 Å². The predicted octanol–water partition coefficient (Wildman–Crippen LogP) is 1.62. The first kappa shape index (κ1) is 23.5. The molecule has 1 aromatic carbocycles. The van der Waals surface area contributed by atoms with Crippen LogP contribution >= 0.6 is 0 Å². The number of nitrogens with zero attached hydrogens (tertiary/aromatic N) is 2. The van der Waals surface area contributed by atoms with Gasteiger partial charge >= 0.3 is 0 Å². The van der Waals surface area contributed by atoms with Crippen LogP contribution in [0.25, 0.3) is 0 Å². The summed E-state index contributed by atoms with van der Waals surface area (Å²) in [5.74, 6) is -0.236. The van der Waals surface area contributed by atoms with Crippen LogP contribution in [0.5, 0.6) is 5.75 Å². The molecule has 31 heavy (non-hydrogen) atoms. The van der Waals surface area contributed by atoms with Gasteiger partial charge in [-0.3, -0.25) is 9.69 Å². The van der Waals surface area contributed by atoms with Gasteiger partial charge in [0, 0.05) is 25.6 Å². The SMILES string of the molecule is N#CCNC(=O)[C@H]1CCCC[C@@H]1CS(=O)(=O)c1ccc(OCCN2CCOCC2)cc1. The average Bonchev–Trinajstić information content (AvgIpc) is 2.78. The van der Waals surface area contributed by atoms with Crippen molar-refractivity contribution in [2.45, 2.75) is 30.6 Å². The molecule has 1 aliphatic carbocycles. The van der Waals surface area contributed by atoms with E-state index in [0.717, 1.165) is 45.7 Å². The second-order valence-electron chi connectivity index (χ2n) is 8.08. The lowest BCUT2D eigenvalue weighted by atomic mass is 9.80. The van der Waals surface area contributed by atoms with Crippen molar-refractivity contribution in [2.75, 3.05) is 51.8 Å². The number of morpholine rings is 1. The number of carbonyl (C=O) groups excluding carboxylic acids is 1. The lowest BCUT2D eigenvalue weighted by molar-refractivity contribution is -0.127. The van der Waals surface area contributed by atoms with Gasteiger partial charge in [0.1, 0.15) is 18.9 Å². The first-order valence-electron chi connectivity index (χ1n) is 10.9. The number of hydrogen-bond acceptors (Lipinski definition) is 7. The first-order valence-corrected chi connectivity index (χ1v) is 12.6. The van der Waals surface area contributed by atoms with Gasteiger partial charge in [0.05, 0.1) is 29.9 Å². The molecular weight excluding hydrogens is 418 g/mol. The predicted molar refractivity (Wildman–Crippen MR) is 115 cm³/mol. The maximum absolute atomic E-state index is 13.0. The van der Waals surface area contributed by atoms with Crippen LogP contribution in [0.15, 0.2) is 29.2 Å². The Hall–Kier alpha value is -2.15. The quantitative estimate of drug-likeness (QED) is 0.571. The fraction of sp³-hybridized carbons (Fsp3) is 0.636. The summed E-state index contributed by atoms with van der Waals surface area (Å²) in [6, 6.07) is 8.42. The Labute approximate surface area is 184 Å². The third kappa shape index (κ3) is 6.92. The third-order valence-corrected chi connectivity index (χ3v) is 7.84. The average molecular weight is 450 g/mol. The van der Waals surface area contributed by atoms with Crippen molar-refractivity contribution >= 4 is 15.7 Å². The molecule has 1 amide bonds. The lowest BCUT2D eigenvalue weighted by Gasteiger charge is -2.30. The minimum absolute atomic E-state index is 0.0538. The van der Waals surface area contributed by atoms with Crippen molar-refractivity contribution in [1.29, 1.82) is 5.26 Å². The fourth-order valence-electron chi connectivity index (χ4n) is 4.25. The molecule has 1 aliphatic heterocycles. The van der Waals surface area contributed by atoms with E-state index in [2.05, 4.69) is 10.2 Å². The van der Waals surface area contributed by atoms with Gasteiger partial charge in [0.15, 0.2) is 9.84 Å². The number of nitrogens with one attached hydrogen (secondary N) is 1. The minimum atomic E-state index is -3.52. The minimum Gasteiger partial charge on any atom is -0.492 e. The summed E-state index contributed by atoms with van der Waals surface area (Å²) in [5, 5.41) is 11.3. The van der Waals surface area contributed by atoms with E-state index in [0.29, 0.717) is 25.2 Å². The molecule has 8 nitrogen and oxygen atoms in total. The van der Waals surface area contributed by atoms with Crippen molar-refractivity contribution in [3.8, 4) is 11.8 Å². The molecule has 2 atom stereocenters. The number of hydrogen-bond donors (Lipinski definition) is 1. The monoisotopic (exact) mass is 449 g/mol. The smallest absolute Gasteiger partial charge is 0.224 e. The summed E-state index contributed by atoms with van der Waals surface area (Å²) in [5.41, 5.74) is 0. The van der Waals surface area contributed by atoms with Crippen molar-refractivity contribution < 1.29 is 22.7 Å². The van der Waals surface area contributed by atoms with E-state index in [1.54, 1.807) is 24.3 Å². The van der Waals surface area contributed by atoms with Crippen LogP contribution in [-0.2, 0) is 19.4 Å². The van der Waals surface area contributed by atoms with Crippen LogP contribution in [0.4, 0.5) is 0 Å². The molecule has 1 N–H and O–H groups in total. The number of carbonyl (C=O) groups is 1. The maximum atomic E-state index is 13.0. The van der Waals surface area contributed by atoms with E-state index in [1.165, 1.54) is 0 Å². The zero-order valence-electron chi connectivity index (χ0n) is 17.8. The molecule has 3 rings (SSSR count). The van der Waals surface area contributed by atoms with Gasteiger partial charge in [-0.25, -0.2) is 8.42 Å². The normalized spacial score (nSPS) is 22.4. The Morgan fingerprint density at radius 2 is 1.90 bits per heavy atom. The number of sulfone groups is 1. The summed E-state index contributed by atoms with van der Waals surface area (Å²) in [7, 11) is -3.52. The second-order valence-corrected chi connectivity index (χ2v) is 10.1. The highest BCUT2D eigenvalue weighted by Gasteiger charge is 2.34. The zero-order chi connectivity index (χ0) is 22.1. The number of rotatable bonds is 9. The van der Waals surface area contributed by atoms with Crippen molar-refractivity contribution in [3.63, 3.8) is 0 Å². The van der Waals surface area contributed by atoms with E-state index < -0.39 is 9.84 Å². The van der Waals surface area contributed by atoms with E-state index in [1.807, 2.05) is 6.07 Å². The largest absolute Gasteiger partial charge is 0.492 e. The molecule has 1 heterocycles. The molecule has 0 radical (unpaired) electrons. The van der Waals surface area contributed by atoms with Crippen molar-refractivity contribution in [1.82, 2.24) is 10.2 Å². The zero-order valence-corrected chi connectivity index (χ0v) is 18.6. The molecule has 9 heteroatoms. The van der Waals surface area contributed by atoms with Gasteiger partial charge in [0.2, 0.25) is 5.91 Å². The highest BCUT2D eigenvalue weighted by molar-refractivity contribution is 7.91. The Bertz CT molecular complexity index is 860. The molecule has 1 saturated heterocycles. The van der Waals surface area contributed by atoms with E-state index in [-0.39, 0.29) is 34.9 Å². The van der Waals surface area contributed by atoms with E-state index >= 15 is 0 Å². The van der Waals surface area contributed by atoms with Crippen molar-refractivity contribution in [3.05, 3.63) is 24.3 Å². The molecule has 0 aromatic heterocycles. The first-order chi connectivity index (χ1) is 15.0. The summed E-state index contributed by atoms with van der Waals surface area (Å²) >= 11 is 0. The van der Waals surface area contributed by atoms with Crippen LogP contribution < -0.4 is 10.1 Å². The van der Waals surface area contributed by atoms with Crippen LogP contribution in [-0.4, -0.2) is 71.0 Å². The highest BCUT2D eigenvalue weighted by atomic mass is 32.2. The summed E-state index contributed by atoms with van der Waals surface area (Å²) < 4.78 is 37.0. The molecule has 0 spiro atoms. The molecule has 1 aromatic rings. The highest BCUT2D eigenvalue weighted by Crippen LogP contribution is 2.33. The van der Waals surface area contributed by atoms with Crippen LogP contribution in [0.2, 0.25) is 0 Å². The summed E-state index contributed by atoms with van der Waals surface area (Å²) in [4.78, 5) is 14.9. The standard InChI is InChI=1S/C22H31N3O5S/c23-9-10-24-22(26)21-4-2-1-3-18(21)17-31(27,28)20-7-5-19(6-8-20)30-16-13-25-11-14-29-15-12-25/h5-8,18,21H,1-4,10-17H2,(H,24,26)/t18-,21+/m1/s1. The summed E-state index contributed by atoms with van der Waals surface area (Å²) in [6.45, 7) is 4.58. The molecular formula is C22H31N3O5S. The Balaban J connectivity index is 1.55. The van der Waals surface area contributed by atoms with Gasteiger partial charge in [-0.05, 0) is 43.0 Å². The molecule has 2 fully saturated rings. The third-order valence-electron chi connectivity index (χ3n) is 5.98. The molecule has 0 unspecified atom stereocenters. The number of ether oxygens (including phenoxy) is 2. The Morgan fingerprint density at radius 1 is 1.19 bits per heavy atom. The van der Waals surface area contributed by atoms with Gasteiger partial charge < -0.3 is 14.8 Å². The number of nitriles is 1. The molecule has 0 bridgehead atoms. The molecule has 2 aliphatic rings. The number of benzene rings is 1. The Morgan fingerprint density at radius 3 is 2.61 bits per heavy atom.